The molecular formula is C34H36Cl6O8. The largest absolute Gasteiger partial charge is 0.462 e. The van der Waals surface area contributed by atoms with Crippen molar-refractivity contribution >= 4 is 93.5 Å². The summed E-state index contributed by atoms with van der Waals surface area (Å²) in [5, 5.41) is -1.49. The molecule has 8 nitrogen and oxygen atoms in total. The van der Waals surface area contributed by atoms with Crippen molar-refractivity contribution in [1.82, 2.24) is 0 Å². The van der Waals surface area contributed by atoms with Crippen LogP contribution in [0.2, 0.25) is 30.1 Å². The Hall–Kier alpha value is -1.94. The van der Waals surface area contributed by atoms with Crippen LogP contribution in [0.3, 0.4) is 0 Å². The average molecular weight is 785 g/mol. The normalized spacial score (nSPS) is 18.2. The Balaban J connectivity index is 1.49. The van der Waals surface area contributed by atoms with Crippen LogP contribution in [0, 0.1) is 21.7 Å². The van der Waals surface area contributed by atoms with Crippen molar-refractivity contribution in [3.05, 3.63) is 53.4 Å². The van der Waals surface area contributed by atoms with Gasteiger partial charge in [-0.15, -0.1) is 0 Å². The van der Waals surface area contributed by atoms with Crippen LogP contribution in [0.1, 0.15) is 101 Å². The van der Waals surface area contributed by atoms with Crippen molar-refractivity contribution in [2.45, 2.75) is 80.1 Å². The lowest BCUT2D eigenvalue weighted by Gasteiger charge is -2.51. The molecule has 2 saturated carbocycles. The number of carbonyl (C=O) groups is 4. The number of ether oxygens (including phenoxy) is 4. The highest BCUT2D eigenvalue weighted by Gasteiger charge is 2.46. The van der Waals surface area contributed by atoms with E-state index < -0.39 is 46.5 Å². The van der Waals surface area contributed by atoms with Crippen LogP contribution in [-0.4, -0.2) is 37.1 Å². The van der Waals surface area contributed by atoms with Crippen molar-refractivity contribution < 1.29 is 38.1 Å². The van der Waals surface area contributed by atoms with Crippen LogP contribution in [0.15, 0.2) is 12.1 Å². The van der Waals surface area contributed by atoms with Gasteiger partial charge in [0.05, 0.1) is 43.3 Å². The monoisotopic (exact) mass is 782 g/mol. The first-order valence-corrected chi connectivity index (χ1v) is 17.5. The number of benzene rings is 2. The molecule has 48 heavy (non-hydrogen) atoms. The molecular weight excluding hydrogens is 749 g/mol. The standard InChI is InChI=1S/C34H36Cl6O8/c1-31(2)13-33(5,14-31)7-9-45-27(41)21-23(39)17(35)11-19(37)25(21)47-29(43)30(44)48-26-20(38)12-18(36)24(40)22(26)28(42)46-10-8-34(6)15-32(3,4)16-34/h11-12H,7-10,13-16H2,1-6H3. The molecule has 0 atom stereocenters. The summed E-state index contributed by atoms with van der Waals surface area (Å²) in [6, 6.07) is 2.26. The summed E-state index contributed by atoms with van der Waals surface area (Å²) >= 11 is 37.5. The molecule has 0 unspecified atom stereocenters. The summed E-state index contributed by atoms with van der Waals surface area (Å²) in [7, 11) is 0. The van der Waals surface area contributed by atoms with Crippen LogP contribution in [0.25, 0.3) is 0 Å². The Morgan fingerprint density at radius 3 is 1.17 bits per heavy atom. The molecule has 2 aliphatic rings. The predicted molar refractivity (Wildman–Crippen MR) is 186 cm³/mol. The van der Waals surface area contributed by atoms with Gasteiger partial charge in [-0.25, -0.2) is 19.2 Å². The van der Waals surface area contributed by atoms with E-state index in [2.05, 4.69) is 41.5 Å². The Bertz CT molecular complexity index is 1530. The molecule has 0 saturated heterocycles. The quantitative estimate of drug-likeness (QED) is 0.101. The minimum atomic E-state index is -1.64. The Morgan fingerprint density at radius 1 is 0.562 bits per heavy atom. The van der Waals surface area contributed by atoms with Gasteiger partial charge >= 0.3 is 23.9 Å². The zero-order chi connectivity index (χ0) is 36.0. The van der Waals surface area contributed by atoms with Gasteiger partial charge in [-0.05, 0) is 72.3 Å². The molecule has 2 aliphatic carbocycles. The van der Waals surface area contributed by atoms with Gasteiger partial charge in [0.1, 0.15) is 11.1 Å². The van der Waals surface area contributed by atoms with Crippen LogP contribution < -0.4 is 9.47 Å². The van der Waals surface area contributed by atoms with Gasteiger partial charge in [0.15, 0.2) is 11.5 Å². The maximum atomic E-state index is 13.2. The molecule has 0 N–H and O–H groups in total. The van der Waals surface area contributed by atoms with Crippen LogP contribution in [0.5, 0.6) is 11.5 Å². The lowest BCUT2D eigenvalue weighted by molar-refractivity contribution is -0.156. The van der Waals surface area contributed by atoms with E-state index in [1.807, 2.05) is 0 Å². The zero-order valence-corrected chi connectivity index (χ0v) is 31.9. The van der Waals surface area contributed by atoms with E-state index in [0.717, 1.165) is 37.8 Å². The smallest absolute Gasteiger partial charge is 0.423 e. The lowest BCUT2D eigenvalue weighted by atomic mass is 9.54. The van der Waals surface area contributed by atoms with E-state index in [1.165, 1.54) is 0 Å². The summed E-state index contributed by atoms with van der Waals surface area (Å²) in [6.45, 7) is 13.0. The fraction of sp³-hybridized carbons (Fsp3) is 0.529. The molecule has 14 heteroatoms. The average Bonchev–Trinajstić information content (AvgIpc) is 2.92. The Kier molecular flexibility index (Phi) is 11.6. The summed E-state index contributed by atoms with van der Waals surface area (Å²) in [5.41, 5.74) is -0.493. The van der Waals surface area contributed by atoms with Gasteiger partial charge in [0, 0.05) is 0 Å². The molecule has 0 spiro atoms. The molecule has 2 aromatic carbocycles. The molecule has 0 aromatic heterocycles. The van der Waals surface area contributed by atoms with Gasteiger partial charge < -0.3 is 18.9 Å². The Labute approximate surface area is 309 Å². The van der Waals surface area contributed by atoms with E-state index >= 15 is 0 Å². The molecule has 262 valence electrons. The first kappa shape index (κ1) is 38.9. The molecule has 0 aliphatic heterocycles. The summed E-state index contributed by atoms with van der Waals surface area (Å²) in [4.78, 5) is 52.3. The highest BCUT2D eigenvalue weighted by molar-refractivity contribution is 6.47. The Morgan fingerprint density at radius 2 is 0.875 bits per heavy atom. The third-order valence-electron chi connectivity index (χ3n) is 8.72. The van der Waals surface area contributed by atoms with Gasteiger partial charge in [-0.2, -0.15) is 0 Å². The minimum Gasteiger partial charge on any atom is -0.462 e. The molecule has 2 aromatic rings. The van der Waals surface area contributed by atoms with Crippen LogP contribution in [-0.2, 0) is 19.1 Å². The number of hydrogen-bond acceptors (Lipinski definition) is 8. The fourth-order valence-corrected chi connectivity index (χ4v) is 9.22. The maximum Gasteiger partial charge on any atom is 0.423 e. The maximum absolute atomic E-state index is 13.2. The first-order valence-electron chi connectivity index (χ1n) is 15.2. The van der Waals surface area contributed by atoms with Crippen molar-refractivity contribution in [2.75, 3.05) is 13.2 Å². The van der Waals surface area contributed by atoms with E-state index in [9.17, 15) is 19.2 Å². The van der Waals surface area contributed by atoms with E-state index in [0.29, 0.717) is 12.8 Å². The zero-order valence-electron chi connectivity index (χ0n) is 27.3. The van der Waals surface area contributed by atoms with Gasteiger partial charge in [0.25, 0.3) is 0 Å². The SMILES string of the molecule is CC1(C)CC(C)(CCOC(=O)c2c(Cl)c(Cl)cc(Cl)c2OC(=O)C(=O)Oc2c(Cl)cc(Cl)c(Cl)c2C(=O)OCCC2(C)CC(C)(C)C2)C1. The van der Waals surface area contributed by atoms with Crippen molar-refractivity contribution in [3.8, 4) is 11.5 Å². The number of carbonyl (C=O) groups excluding carboxylic acids is 4. The summed E-state index contributed by atoms with van der Waals surface area (Å²) < 4.78 is 21.3. The van der Waals surface area contributed by atoms with Gasteiger partial charge in [0.2, 0.25) is 0 Å². The van der Waals surface area contributed by atoms with Crippen LogP contribution in [0.4, 0.5) is 0 Å². The van der Waals surface area contributed by atoms with Crippen molar-refractivity contribution in [1.29, 1.82) is 0 Å². The molecule has 2 fully saturated rings. The summed E-state index contributed by atoms with van der Waals surface area (Å²) in [6.07, 6.45) is 5.03. The molecule has 0 bridgehead atoms. The van der Waals surface area contributed by atoms with Gasteiger partial charge in [-0.3, -0.25) is 0 Å². The van der Waals surface area contributed by atoms with E-state index in [-0.39, 0.29) is 65.0 Å². The van der Waals surface area contributed by atoms with Crippen LogP contribution >= 0.6 is 69.6 Å². The predicted octanol–water partition coefficient (Wildman–Crippen LogP) is 10.9. The topological polar surface area (TPSA) is 105 Å². The molecule has 0 amide bonds. The second-order valence-electron chi connectivity index (χ2n) is 14.9. The number of hydrogen-bond donors (Lipinski definition) is 0. The first-order chi connectivity index (χ1) is 22.1. The van der Waals surface area contributed by atoms with E-state index in [1.54, 1.807) is 0 Å². The second-order valence-corrected chi connectivity index (χ2v) is 17.3. The molecule has 4 rings (SSSR count). The number of rotatable bonds is 10. The number of halogens is 6. The highest BCUT2D eigenvalue weighted by Crippen LogP contribution is 2.56. The highest BCUT2D eigenvalue weighted by atomic mass is 35.5. The van der Waals surface area contributed by atoms with Gasteiger partial charge in [-0.1, -0.05) is 111 Å². The fourth-order valence-electron chi connectivity index (χ4n) is 7.79. The third kappa shape index (κ3) is 8.85. The summed E-state index contributed by atoms with van der Waals surface area (Å²) in [5.74, 6) is -6.39. The molecule has 0 heterocycles. The lowest BCUT2D eigenvalue weighted by Crippen LogP contribution is -2.41. The van der Waals surface area contributed by atoms with Crippen molar-refractivity contribution in [2.24, 2.45) is 21.7 Å². The third-order valence-corrected chi connectivity index (χ3v) is 10.9. The number of esters is 4. The minimum absolute atomic E-state index is 0.00166. The van der Waals surface area contributed by atoms with E-state index in [4.69, 9.17) is 88.6 Å². The second kappa shape index (κ2) is 14.4. The molecule has 0 radical (unpaired) electrons. The van der Waals surface area contributed by atoms with Crippen molar-refractivity contribution in [3.63, 3.8) is 0 Å².